The molecule has 0 saturated heterocycles. The Hall–Kier alpha value is -3.22. The lowest BCUT2D eigenvalue weighted by Crippen LogP contribution is -2.25. The Kier molecular flexibility index (Phi) is 5.29. The first-order chi connectivity index (χ1) is 14.0. The Morgan fingerprint density at radius 1 is 1.24 bits per heavy atom. The van der Waals surface area contributed by atoms with Gasteiger partial charge in [-0.1, -0.05) is 0 Å². The van der Waals surface area contributed by atoms with Crippen LogP contribution in [0.2, 0.25) is 0 Å². The number of nitrogens with one attached hydrogen (secondary N) is 1. The van der Waals surface area contributed by atoms with E-state index in [0.717, 1.165) is 54.1 Å². The number of pyridine rings is 1. The lowest BCUT2D eigenvalue weighted by molar-refractivity contribution is 0.0948. The summed E-state index contributed by atoms with van der Waals surface area (Å²) in [5.41, 5.74) is 3.34. The molecule has 3 aromatic rings. The fraction of sp³-hybridized carbons (Fsp3) is 0.364. The average Bonchev–Trinajstić information content (AvgIpc) is 3.08. The van der Waals surface area contributed by atoms with Gasteiger partial charge in [0.25, 0.3) is 5.91 Å². The van der Waals surface area contributed by atoms with Crippen molar-refractivity contribution in [3.63, 3.8) is 0 Å². The van der Waals surface area contributed by atoms with Gasteiger partial charge in [-0.25, -0.2) is 9.97 Å². The molecule has 3 aromatic heterocycles. The molecule has 1 amide bonds. The Bertz CT molecular complexity index is 1030. The number of carbonyl (C=O) groups excluding carboxylic acids is 1. The van der Waals surface area contributed by atoms with Crippen LogP contribution in [0.5, 0.6) is 0 Å². The van der Waals surface area contributed by atoms with E-state index in [1.54, 1.807) is 12.4 Å². The van der Waals surface area contributed by atoms with Crippen molar-refractivity contribution in [1.82, 2.24) is 20.3 Å². The molecular weight excluding hydrogens is 366 g/mol. The quantitative estimate of drug-likeness (QED) is 0.718. The molecule has 0 radical (unpaired) electrons. The van der Waals surface area contributed by atoms with Crippen LogP contribution < -0.4 is 10.2 Å². The van der Waals surface area contributed by atoms with Crippen LogP contribution in [0.25, 0.3) is 11.4 Å². The maximum Gasteiger partial charge on any atom is 0.255 e. The molecule has 0 bridgehead atoms. The third kappa shape index (κ3) is 3.99. The van der Waals surface area contributed by atoms with Gasteiger partial charge in [-0.15, -0.1) is 0 Å². The number of aromatic nitrogens is 3. The molecule has 0 spiro atoms. The number of fused-ring (bicyclic) bond motifs is 1. The van der Waals surface area contributed by atoms with Crippen LogP contribution >= 0.6 is 0 Å². The molecule has 4 rings (SSSR count). The number of hydrogen-bond acceptors (Lipinski definition) is 6. The molecule has 1 aliphatic carbocycles. The van der Waals surface area contributed by atoms with Crippen LogP contribution in [0.4, 0.5) is 5.82 Å². The van der Waals surface area contributed by atoms with Crippen LogP contribution in [0.15, 0.2) is 35.0 Å². The molecule has 1 N–H and O–H groups in total. The molecule has 0 unspecified atom stereocenters. The molecule has 1 aliphatic rings. The van der Waals surface area contributed by atoms with Crippen molar-refractivity contribution < 1.29 is 9.21 Å². The van der Waals surface area contributed by atoms with Crippen LogP contribution in [-0.4, -0.2) is 35.0 Å². The number of amides is 1. The highest BCUT2D eigenvalue weighted by atomic mass is 16.3. The topological polar surface area (TPSA) is 84.2 Å². The minimum absolute atomic E-state index is 0.109. The molecular formula is C22H25N5O2. The Morgan fingerprint density at radius 2 is 2.07 bits per heavy atom. The smallest absolute Gasteiger partial charge is 0.255 e. The van der Waals surface area contributed by atoms with E-state index in [0.29, 0.717) is 23.7 Å². The first kappa shape index (κ1) is 19.1. The number of anilines is 1. The summed E-state index contributed by atoms with van der Waals surface area (Å²) in [7, 11) is 3.86. The van der Waals surface area contributed by atoms with E-state index in [9.17, 15) is 4.79 Å². The van der Waals surface area contributed by atoms with Crippen molar-refractivity contribution in [2.75, 3.05) is 19.0 Å². The molecule has 7 nitrogen and oxygen atoms in total. The number of furan rings is 1. The third-order valence-corrected chi connectivity index (χ3v) is 5.15. The summed E-state index contributed by atoms with van der Waals surface area (Å²) < 4.78 is 5.84. The molecule has 7 heteroatoms. The molecule has 3 heterocycles. The molecule has 0 aliphatic heterocycles. The summed E-state index contributed by atoms with van der Waals surface area (Å²) in [5.74, 6) is 2.92. The highest BCUT2D eigenvalue weighted by Crippen LogP contribution is 2.29. The number of nitrogens with zero attached hydrogens (tertiary/aromatic N) is 4. The zero-order valence-corrected chi connectivity index (χ0v) is 17.0. The van der Waals surface area contributed by atoms with Crippen LogP contribution in [-0.2, 0) is 19.4 Å². The average molecular weight is 391 g/mol. The Labute approximate surface area is 170 Å². The van der Waals surface area contributed by atoms with Crippen molar-refractivity contribution in [1.29, 1.82) is 0 Å². The van der Waals surface area contributed by atoms with Crippen molar-refractivity contribution in [2.24, 2.45) is 0 Å². The molecule has 0 atom stereocenters. The molecule has 0 aromatic carbocycles. The van der Waals surface area contributed by atoms with E-state index >= 15 is 0 Å². The number of carbonyl (C=O) groups is 1. The standard InChI is InChI=1S/C22H25N5O2/c1-14-20(17-8-4-5-9-18(17)29-14)22(28)24-13-16-11-19(27(2)3)26-21(25-16)15-7-6-10-23-12-15/h6-7,10-12H,4-5,8-9,13H2,1-3H3,(H,24,28). The third-order valence-electron chi connectivity index (χ3n) is 5.15. The van der Waals surface area contributed by atoms with Gasteiger partial charge in [0.2, 0.25) is 0 Å². The summed E-state index contributed by atoms with van der Waals surface area (Å²) in [5, 5.41) is 3.01. The summed E-state index contributed by atoms with van der Waals surface area (Å²) in [4.78, 5) is 28.2. The van der Waals surface area contributed by atoms with Crippen molar-refractivity contribution >= 4 is 11.7 Å². The maximum absolute atomic E-state index is 12.9. The lowest BCUT2D eigenvalue weighted by Gasteiger charge is -2.15. The predicted molar refractivity (Wildman–Crippen MR) is 111 cm³/mol. The second-order valence-electron chi connectivity index (χ2n) is 7.50. The van der Waals surface area contributed by atoms with Crippen LogP contribution in [0.3, 0.4) is 0 Å². The van der Waals surface area contributed by atoms with Gasteiger partial charge in [-0.2, -0.15) is 0 Å². The van der Waals surface area contributed by atoms with Crippen LogP contribution in [0, 0.1) is 6.92 Å². The van der Waals surface area contributed by atoms with E-state index in [2.05, 4.69) is 20.3 Å². The monoisotopic (exact) mass is 391 g/mol. The van der Waals surface area contributed by atoms with Gasteiger partial charge >= 0.3 is 0 Å². The van der Waals surface area contributed by atoms with Gasteiger partial charge in [0.15, 0.2) is 5.82 Å². The van der Waals surface area contributed by atoms with Gasteiger partial charge in [-0.05, 0) is 38.3 Å². The van der Waals surface area contributed by atoms with Gasteiger partial charge in [0, 0.05) is 50.1 Å². The normalized spacial score (nSPS) is 13.1. The molecule has 29 heavy (non-hydrogen) atoms. The van der Waals surface area contributed by atoms with Gasteiger partial charge in [0.05, 0.1) is 17.8 Å². The zero-order chi connectivity index (χ0) is 20.4. The second-order valence-corrected chi connectivity index (χ2v) is 7.50. The van der Waals surface area contributed by atoms with E-state index in [1.165, 1.54) is 0 Å². The minimum atomic E-state index is -0.109. The Morgan fingerprint density at radius 3 is 2.83 bits per heavy atom. The molecule has 0 fully saturated rings. The summed E-state index contributed by atoms with van der Waals surface area (Å²) in [6.07, 6.45) is 7.48. The molecule has 150 valence electrons. The Balaban J connectivity index is 1.58. The SMILES string of the molecule is Cc1oc2c(c1C(=O)NCc1cc(N(C)C)nc(-c3cccnc3)n1)CCCC2. The van der Waals surface area contributed by atoms with E-state index in [1.807, 2.05) is 44.1 Å². The van der Waals surface area contributed by atoms with E-state index < -0.39 is 0 Å². The number of rotatable bonds is 5. The highest BCUT2D eigenvalue weighted by Gasteiger charge is 2.25. The first-order valence-corrected chi connectivity index (χ1v) is 9.88. The van der Waals surface area contributed by atoms with Crippen molar-refractivity contribution in [3.8, 4) is 11.4 Å². The largest absolute Gasteiger partial charge is 0.465 e. The van der Waals surface area contributed by atoms with Gasteiger partial charge < -0.3 is 14.6 Å². The van der Waals surface area contributed by atoms with Gasteiger partial charge in [-0.3, -0.25) is 9.78 Å². The van der Waals surface area contributed by atoms with Gasteiger partial charge in [0.1, 0.15) is 17.3 Å². The predicted octanol–water partition coefficient (Wildman–Crippen LogP) is 3.31. The fourth-order valence-corrected chi connectivity index (χ4v) is 3.69. The minimum Gasteiger partial charge on any atom is -0.465 e. The summed E-state index contributed by atoms with van der Waals surface area (Å²) in [6.45, 7) is 2.18. The fourth-order valence-electron chi connectivity index (χ4n) is 3.69. The summed E-state index contributed by atoms with van der Waals surface area (Å²) >= 11 is 0. The second kappa shape index (κ2) is 8.03. The van der Waals surface area contributed by atoms with Crippen LogP contribution in [0.1, 0.15) is 46.0 Å². The highest BCUT2D eigenvalue weighted by molar-refractivity contribution is 5.97. The first-order valence-electron chi connectivity index (χ1n) is 9.88. The van der Waals surface area contributed by atoms with E-state index in [4.69, 9.17) is 4.42 Å². The maximum atomic E-state index is 12.9. The van der Waals surface area contributed by atoms with Crippen molar-refractivity contribution in [3.05, 3.63) is 58.9 Å². The van der Waals surface area contributed by atoms with E-state index in [-0.39, 0.29) is 5.91 Å². The summed E-state index contributed by atoms with van der Waals surface area (Å²) in [6, 6.07) is 5.66. The number of aryl methyl sites for hydroxylation is 2. The molecule has 0 saturated carbocycles. The van der Waals surface area contributed by atoms with Crippen molar-refractivity contribution in [2.45, 2.75) is 39.2 Å². The number of hydrogen-bond donors (Lipinski definition) is 1. The lowest BCUT2D eigenvalue weighted by atomic mass is 9.94. The zero-order valence-electron chi connectivity index (χ0n) is 17.0.